The normalized spacial score (nSPS) is 10.5. The molecule has 0 bridgehead atoms. The maximum Gasteiger partial charge on any atom is 0.257 e. The molecule has 0 aliphatic heterocycles. The molecule has 0 saturated carbocycles. The molecule has 4 nitrogen and oxygen atoms in total. The molecular formula is C16H12ClN3O. The van der Waals surface area contributed by atoms with Gasteiger partial charge < -0.3 is 11.1 Å². The number of benzene rings is 2. The van der Waals surface area contributed by atoms with Gasteiger partial charge in [0.15, 0.2) is 0 Å². The van der Waals surface area contributed by atoms with Crippen molar-refractivity contribution in [3.8, 4) is 0 Å². The van der Waals surface area contributed by atoms with Crippen molar-refractivity contribution in [2.45, 2.75) is 0 Å². The molecule has 1 heterocycles. The molecule has 0 fully saturated rings. The van der Waals surface area contributed by atoms with E-state index in [1.807, 2.05) is 24.3 Å². The van der Waals surface area contributed by atoms with Gasteiger partial charge in [0.1, 0.15) is 0 Å². The predicted molar refractivity (Wildman–Crippen MR) is 85.6 cm³/mol. The van der Waals surface area contributed by atoms with Gasteiger partial charge in [-0.3, -0.25) is 9.78 Å². The van der Waals surface area contributed by atoms with Gasteiger partial charge in [-0.05, 0) is 30.3 Å². The molecular weight excluding hydrogens is 286 g/mol. The van der Waals surface area contributed by atoms with Gasteiger partial charge in [0.2, 0.25) is 0 Å². The maximum absolute atomic E-state index is 12.4. The highest BCUT2D eigenvalue weighted by molar-refractivity contribution is 6.34. The molecule has 0 unspecified atom stereocenters. The highest BCUT2D eigenvalue weighted by Gasteiger charge is 2.12. The first-order valence-electron chi connectivity index (χ1n) is 6.35. The molecule has 0 spiro atoms. The summed E-state index contributed by atoms with van der Waals surface area (Å²) in [6, 6.07) is 14.2. The Labute approximate surface area is 126 Å². The Balaban J connectivity index is 1.97. The van der Waals surface area contributed by atoms with Crippen LogP contribution in [0.25, 0.3) is 10.9 Å². The molecule has 3 N–H and O–H groups in total. The summed E-state index contributed by atoms with van der Waals surface area (Å²) in [5.41, 5.74) is 7.86. The monoisotopic (exact) mass is 297 g/mol. The number of carbonyl (C=O) groups excluding carboxylic acids is 1. The van der Waals surface area contributed by atoms with Crippen LogP contribution >= 0.6 is 11.6 Å². The van der Waals surface area contributed by atoms with Crippen LogP contribution in [0.4, 0.5) is 11.4 Å². The molecule has 0 saturated heterocycles. The van der Waals surface area contributed by atoms with Crippen LogP contribution in [0.1, 0.15) is 10.4 Å². The van der Waals surface area contributed by atoms with E-state index in [0.717, 1.165) is 5.39 Å². The zero-order valence-corrected chi connectivity index (χ0v) is 11.8. The van der Waals surface area contributed by atoms with E-state index in [-0.39, 0.29) is 5.91 Å². The van der Waals surface area contributed by atoms with E-state index < -0.39 is 0 Å². The number of amides is 1. The third-order valence-electron chi connectivity index (χ3n) is 3.12. The highest BCUT2D eigenvalue weighted by atomic mass is 35.5. The average Bonchev–Trinajstić information content (AvgIpc) is 2.49. The van der Waals surface area contributed by atoms with Gasteiger partial charge in [-0.25, -0.2) is 0 Å². The Morgan fingerprint density at radius 3 is 2.76 bits per heavy atom. The second-order valence-electron chi connectivity index (χ2n) is 4.57. The minimum absolute atomic E-state index is 0.258. The van der Waals surface area contributed by atoms with Crippen LogP contribution in [0.15, 0.2) is 54.7 Å². The maximum atomic E-state index is 12.4. The number of carbonyl (C=O) groups is 1. The van der Waals surface area contributed by atoms with Crippen molar-refractivity contribution in [2.75, 3.05) is 11.1 Å². The Hall–Kier alpha value is -2.59. The lowest BCUT2D eigenvalue weighted by Gasteiger charge is -2.09. The zero-order chi connectivity index (χ0) is 14.8. The van der Waals surface area contributed by atoms with Crippen LogP contribution < -0.4 is 11.1 Å². The van der Waals surface area contributed by atoms with E-state index >= 15 is 0 Å². The number of fused-ring (bicyclic) bond motifs is 1. The molecule has 0 aliphatic rings. The molecule has 5 heteroatoms. The summed E-state index contributed by atoms with van der Waals surface area (Å²) in [6.07, 6.45) is 1.66. The number of aromatic nitrogens is 1. The molecule has 3 aromatic rings. The summed E-state index contributed by atoms with van der Waals surface area (Å²) < 4.78 is 0. The molecule has 21 heavy (non-hydrogen) atoms. The molecule has 104 valence electrons. The van der Waals surface area contributed by atoms with E-state index in [2.05, 4.69) is 10.3 Å². The number of nitrogens with two attached hydrogens (primary N) is 1. The van der Waals surface area contributed by atoms with Gasteiger partial charge in [-0.1, -0.05) is 29.8 Å². The van der Waals surface area contributed by atoms with Crippen molar-refractivity contribution in [3.63, 3.8) is 0 Å². The largest absolute Gasteiger partial charge is 0.399 e. The van der Waals surface area contributed by atoms with E-state index in [1.54, 1.807) is 30.5 Å². The number of nitrogens with zero attached hydrogens (tertiary/aromatic N) is 1. The number of nitrogen functional groups attached to an aromatic ring is 1. The predicted octanol–water partition coefficient (Wildman–Crippen LogP) is 3.72. The van der Waals surface area contributed by atoms with Crippen LogP contribution in [0.5, 0.6) is 0 Å². The van der Waals surface area contributed by atoms with Gasteiger partial charge >= 0.3 is 0 Å². The lowest BCUT2D eigenvalue weighted by molar-refractivity contribution is 0.102. The standard InChI is InChI=1S/C16H12ClN3O/c17-13-9-11(18)6-7-14(13)20-16(21)12-5-1-3-10-4-2-8-19-15(10)12/h1-9H,18H2,(H,20,21). The average molecular weight is 298 g/mol. The van der Waals surface area contributed by atoms with Gasteiger partial charge in [0.05, 0.1) is 21.8 Å². The first-order chi connectivity index (χ1) is 10.1. The second kappa shape index (κ2) is 5.42. The Morgan fingerprint density at radius 1 is 1.14 bits per heavy atom. The van der Waals surface area contributed by atoms with Crippen LogP contribution in [-0.2, 0) is 0 Å². The minimum Gasteiger partial charge on any atom is -0.399 e. The number of pyridine rings is 1. The van der Waals surface area contributed by atoms with E-state index in [0.29, 0.717) is 27.5 Å². The van der Waals surface area contributed by atoms with Crippen molar-refractivity contribution in [3.05, 3.63) is 65.3 Å². The summed E-state index contributed by atoms with van der Waals surface area (Å²) in [5, 5.41) is 4.09. The van der Waals surface area contributed by atoms with Crippen molar-refractivity contribution >= 4 is 39.8 Å². The first-order valence-corrected chi connectivity index (χ1v) is 6.73. The van der Waals surface area contributed by atoms with Crippen LogP contribution in [0, 0.1) is 0 Å². The number of hydrogen-bond acceptors (Lipinski definition) is 3. The van der Waals surface area contributed by atoms with Crippen molar-refractivity contribution in [1.29, 1.82) is 0 Å². The fourth-order valence-electron chi connectivity index (χ4n) is 2.11. The number of hydrogen-bond donors (Lipinski definition) is 2. The fraction of sp³-hybridized carbons (Fsp3) is 0. The number of nitrogens with one attached hydrogen (secondary N) is 1. The summed E-state index contributed by atoms with van der Waals surface area (Å²) in [7, 11) is 0. The molecule has 2 aromatic carbocycles. The molecule has 0 aliphatic carbocycles. The zero-order valence-electron chi connectivity index (χ0n) is 11.0. The molecule has 0 atom stereocenters. The smallest absolute Gasteiger partial charge is 0.257 e. The van der Waals surface area contributed by atoms with Crippen molar-refractivity contribution in [2.24, 2.45) is 0 Å². The van der Waals surface area contributed by atoms with Gasteiger partial charge in [0, 0.05) is 17.3 Å². The van der Waals surface area contributed by atoms with Crippen molar-refractivity contribution < 1.29 is 4.79 Å². The molecule has 1 amide bonds. The van der Waals surface area contributed by atoms with Gasteiger partial charge in [0.25, 0.3) is 5.91 Å². The molecule has 0 radical (unpaired) electrons. The number of rotatable bonds is 2. The Bertz CT molecular complexity index is 827. The topological polar surface area (TPSA) is 68.0 Å². The van der Waals surface area contributed by atoms with Crippen molar-refractivity contribution in [1.82, 2.24) is 4.98 Å². The highest BCUT2D eigenvalue weighted by Crippen LogP contribution is 2.25. The quantitative estimate of drug-likeness (QED) is 0.708. The van der Waals surface area contributed by atoms with E-state index in [4.69, 9.17) is 17.3 Å². The fourth-order valence-corrected chi connectivity index (χ4v) is 2.35. The lowest BCUT2D eigenvalue weighted by atomic mass is 10.1. The van der Waals surface area contributed by atoms with Crippen LogP contribution in [0.2, 0.25) is 5.02 Å². The van der Waals surface area contributed by atoms with Crippen LogP contribution in [-0.4, -0.2) is 10.9 Å². The van der Waals surface area contributed by atoms with Gasteiger partial charge in [-0.2, -0.15) is 0 Å². The second-order valence-corrected chi connectivity index (χ2v) is 4.98. The number of para-hydroxylation sites is 1. The Morgan fingerprint density at radius 2 is 1.95 bits per heavy atom. The summed E-state index contributed by atoms with van der Waals surface area (Å²) in [5.74, 6) is -0.258. The van der Waals surface area contributed by atoms with Crippen LogP contribution in [0.3, 0.4) is 0 Å². The number of halogens is 1. The third-order valence-corrected chi connectivity index (χ3v) is 3.43. The van der Waals surface area contributed by atoms with E-state index in [1.165, 1.54) is 0 Å². The van der Waals surface area contributed by atoms with E-state index in [9.17, 15) is 4.79 Å². The first kappa shape index (κ1) is 13.4. The number of anilines is 2. The summed E-state index contributed by atoms with van der Waals surface area (Å²) >= 11 is 6.07. The molecule has 1 aromatic heterocycles. The van der Waals surface area contributed by atoms with Gasteiger partial charge in [-0.15, -0.1) is 0 Å². The lowest BCUT2D eigenvalue weighted by Crippen LogP contribution is -2.13. The Kier molecular flexibility index (Phi) is 3.46. The molecule has 3 rings (SSSR count). The minimum atomic E-state index is -0.258. The SMILES string of the molecule is Nc1ccc(NC(=O)c2cccc3cccnc23)c(Cl)c1. The summed E-state index contributed by atoms with van der Waals surface area (Å²) in [6.45, 7) is 0. The third kappa shape index (κ3) is 2.66. The summed E-state index contributed by atoms with van der Waals surface area (Å²) in [4.78, 5) is 16.7.